The summed E-state index contributed by atoms with van der Waals surface area (Å²) >= 11 is 0. The van der Waals surface area contributed by atoms with Gasteiger partial charge in [0.25, 0.3) is 0 Å². The van der Waals surface area contributed by atoms with Gasteiger partial charge in [-0.15, -0.1) is 0 Å². The first-order valence-corrected chi connectivity index (χ1v) is 8.07. The fourth-order valence-corrected chi connectivity index (χ4v) is 2.28. The first-order valence-electron chi connectivity index (χ1n) is 8.07. The van der Waals surface area contributed by atoms with Crippen molar-refractivity contribution < 1.29 is 9.13 Å². The quantitative estimate of drug-likeness (QED) is 0.509. The third-order valence-corrected chi connectivity index (χ3v) is 3.66. The molecule has 0 radical (unpaired) electrons. The second-order valence-electron chi connectivity index (χ2n) is 5.53. The topological polar surface area (TPSA) is 33.6 Å². The highest BCUT2D eigenvalue weighted by Crippen LogP contribution is 2.15. The minimum atomic E-state index is -0.254. The fraction of sp³-hybridized carbons (Fsp3) is 0.0952. The zero-order chi connectivity index (χ0) is 17.3. The molecule has 4 heteroatoms. The molecule has 0 amide bonds. The molecular formula is C21H19FN2O. The predicted octanol–water partition coefficient (Wildman–Crippen LogP) is 4.53. The van der Waals surface area contributed by atoms with Gasteiger partial charge in [0.1, 0.15) is 18.2 Å². The van der Waals surface area contributed by atoms with E-state index >= 15 is 0 Å². The van der Waals surface area contributed by atoms with Crippen LogP contribution in [0.4, 0.5) is 4.39 Å². The van der Waals surface area contributed by atoms with E-state index in [0.29, 0.717) is 17.9 Å². The molecule has 0 unspecified atom stereocenters. The van der Waals surface area contributed by atoms with Crippen LogP contribution in [0.25, 0.3) is 0 Å². The van der Waals surface area contributed by atoms with Crippen LogP contribution in [0.1, 0.15) is 16.7 Å². The molecule has 0 spiro atoms. The van der Waals surface area contributed by atoms with Gasteiger partial charge in [-0.3, -0.25) is 0 Å². The lowest BCUT2D eigenvalue weighted by Crippen LogP contribution is -2.05. The lowest BCUT2D eigenvalue weighted by atomic mass is 10.2. The summed E-state index contributed by atoms with van der Waals surface area (Å²) in [7, 11) is 0. The van der Waals surface area contributed by atoms with E-state index in [2.05, 4.69) is 10.5 Å². The molecule has 0 aliphatic carbocycles. The number of nitrogens with one attached hydrogen (secondary N) is 1. The highest BCUT2D eigenvalue weighted by atomic mass is 19.1. The second kappa shape index (κ2) is 8.64. The van der Waals surface area contributed by atoms with Gasteiger partial charge in [-0.2, -0.15) is 5.10 Å². The summed E-state index contributed by atoms with van der Waals surface area (Å²) in [6, 6.07) is 24.2. The Balaban J connectivity index is 1.48. The number of hydrogen-bond acceptors (Lipinski definition) is 3. The Labute approximate surface area is 146 Å². The molecular weight excluding hydrogens is 315 g/mol. The van der Waals surface area contributed by atoms with Crippen LogP contribution in [-0.4, -0.2) is 6.21 Å². The van der Waals surface area contributed by atoms with Crippen LogP contribution >= 0.6 is 0 Å². The van der Waals surface area contributed by atoms with E-state index in [1.165, 1.54) is 11.6 Å². The third-order valence-electron chi connectivity index (χ3n) is 3.66. The average Bonchev–Trinajstić information content (AvgIpc) is 2.66. The minimum Gasteiger partial charge on any atom is -0.489 e. The maximum Gasteiger partial charge on any atom is 0.129 e. The van der Waals surface area contributed by atoms with Crippen LogP contribution in [-0.2, 0) is 13.2 Å². The maximum absolute atomic E-state index is 13.5. The van der Waals surface area contributed by atoms with Crippen LogP contribution in [0.15, 0.2) is 84.0 Å². The summed E-state index contributed by atoms with van der Waals surface area (Å²) in [5.41, 5.74) is 5.69. The van der Waals surface area contributed by atoms with Crippen molar-refractivity contribution in [2.75, 3.05) is 0 Å². The molecule has 0 heterocycles. The van der Waals surface area contributed by atoms with Crippen LogP contribution in [0, 0.1) is 5.82 Å². The van der Waals surface area contributed by atoms with Crippen LogP contribution in [0.3, 0.4) is 0 Å². The number of hydrazone groups is 1. The van der Waals surface area contributed by atoms with Gasteiger partial charge in [0.05, 0.1) is 12.8 Å². The van der Waals surface area contributed by atoms with E-state index in [1.54, 1.807) is 24.4 Å². The van der Waals surface area contributed by atoms with E-state index < -0.39 is 0 Å². The van der Waals surface area contributed by atoms with Crippen molar-refractivity contribution in [1.82, 2.24) is 5.43 Å². The van der Waals surface area contributed by atoms with Crippen molar-refractivity contribution >= 4 is 6.21 Å². The summed E-state index contributed by atoms with van der Waals surface area (Å²) < 4.78 is 19.2. The SMILES string of the molecule is Fc1ccccc1COc1ccc(C=NNCc2ccccc2)cc1. The van der Waals surface area contributed by atoms with E-state index in [-0.39, 0.29) is 12.4 Å². The van der Waals surface area contributed by atoms with Crippen LogP contribution in [0.5, 0.6) is 5.75 Å². The minimum absolute atomic E-state index is 0.207. The number of hydrogen-bond donors (Lipinski definition) is 1. The van der Waals surface area contributed by atoms with Crippen molar-refractivity contribution in [1.29, 1.82) is 0 Å². The Morgan fingerprint density at radius 2 is 1.60 bits per heavy atom. The molecule has 3 nitrogen and oxygen atoms in total. The molecule has 0 aromatic heterocycles. The number of benzene rings is 3. The zero-order valence-electron chi connectivity index (χ0n) is 13.7. The summed E-state index contributed by atoms with van der Waals surface area (Å²) in [6.07, 6.45) is 1.75. The summed E-state index contributed by atoms with van der Waals surface area (Å²) in [4.78, 5) is 0. The molecule has 3 aromatic rings. The average molecular weight is 334 g/mol. The molecule has 0 aliphatic heterocycles. The largest absolute Gasteiger partial charge is 0.489 e. The first kappa shape index (κ1) is 16.7. The highest BCUT2D eigenvalue weighted by molar-refractivity contribution is 5.79. The first-order chi connectivity index (χ1) is 12.3. The normalized spacial score (nSPS) is 10.8. The monoisotopic (exact) mass is 334 g/mol. The van der Waals surface area contributed by atoms with Gasteiger partial charge >= 0.3 is 0 Å². The Morgan fingerprint density at radius 1 is 0.880 bits per heavy atom. The van der Waals surface area contributed by atoms with E-state index in [9.17, 15) is 4.39 Å². The maximum atomic E-state index is 13.5. The Kier molecular flexibility index (Phi) is 5.77. The molecule has 0 bridgehead atoms. The van der Waals surface area contributed by atoms with E-state index in [0.717, 1.165) is 5.56 Å². The number of halogens is 1. The second-order valence-corrected chi connectivity index (χ2v) is 5.53. The molecule has 0 atom stereocenters. The van der Waals surface area contributed by atoms with Gasteiger partial charge in [0, 0.05) is 5.56 Å². The van der Waals surface area contributed by atoms with Crippen molar-refractivity contribution in [2.24, 2.45) is 5.10 Å². The summed E-state index contributed by atoms with van der Waals surface area (Å²) in [6.45, 7) is 0.889. The zero-order valence-corrected chi connectivity index (χ0v) is 13.7. The Hall–Kier alpha value is -3.14. The number of ether oxygens (including phenoxy) is 1. The lowest BCUT2D eigenvalue weighted by Gasteiger charge is -2.07. The smallest absolute Gasteiger partial charge is 0.129 e. The Bertz CT molecular complexity index is 817. The standard InChI is InChI=1S/C21H19FN2O/c22-21-9-5-4-8-19(21)16-25-20-12-10-18(11-13-20)15-24-23-14-17-6-2-1-3-7-17/h1-13,15,23H,14,16H2. The molecule has 0 aliphatic rings. The highest BCUT2D eigenvalue weighted by Gasteiger charge is 2.01. The van der Waals surface area contributed by atoms with Gasteiger partial charge < -0.3 is 10.2 Å². The number of rotatable bonds is 7. The number of nitrogens with zero attached hydrogens (tertiary/aromatic N) is 1. The molecule has 1 N–H and O–H groups in total. The van der Waals surface area contributed by atoms with Gasteiger partial charge in [-0.1, -0.05) is 48.5 Å². The third kappa shape index (κ3) is 5.18. The predicted molar refractivity (Wildman–Crippen MR) is 98.0 cm³/mol. The van der Waals surface area contributed by atoms with Gasteiger partial charge in [0.2, 0.25) is 0 Å². The molecule has 0 saturated heterocycles. The molecule has 25 heavy (non-hydrogen) atoms. The van der Waals surface area contributed by atoms with E-state index in [4.69, 9.17) is 4.74 Å². The fourth-order valence-electron chi connectivity index (χ4n) is 2.28. The van der Waals surface area contributed by atoms with Crippen LogP contribution in [0.2, 0.25) is 0 Å². The lowest BCUT2D eigenvalue weighted by molar-refractivity contribution is 0.300. The van der Waals surface area contributed by atoms with Crippen LogP contribution < -0.4 is 10.2 Å². The van der Waals surface area contributed by atoms with Gasteiger partial charge in [0.15, 0.2) is 0 Å². The molecule has 0 fully saturated rings. The molecule has 126 valence electrons. The molecule has 0 saturated carbocycles. The van der Waals surface area contributed by atoms with Crippen molar-refractivity contribution in [2.45, 2.75) is 13.2 Å². The van der Waals surface area contributed by atoms with Gasteiger partial charge in [-0.25, -0.2) is 4.39 Å². The van der Waals surface area contributed by atoms with Crippen molar-refractivity contribution in [3.63, 3.8) is 0 Å². The van der Waals surface area contributed by atoms with E-state index in [1.807, 2.05) is 54.6 Å². The summed E-state index contributed by atoms with van der Waals surface area (Å²) in [5.74, 6) is 0.438. The van der Waals surface area contributed by atoms with Gasteiger partial charge in [-0.05, 0) is 41.5 Å². The van der Waals surface area contributed by atoms with Crippen molar-refractivity contribution in [3.8, 4) is 5.75 Å². The Morgan fingerprint density at radius 3 is 2.36 bits per heavy atom. The van der Waals surface area contributed by atoms with Crippen molar-refractivity contribution in [3.05, 3.63) is 101 Å². The molecule has 3 aromatic carbocycles. The summed E-state index contributed by atoms with van der Waals surface area (Å²) in [5, 5.41) is 4.21. The molecule has 3 rings (SSSR count).